The first kappa shape index (κ1) is 22.7. The molecule has 5 heteroatoms. The summed E-state index contributed by atoms with van der Waals surface area (Å²) in [6.07, 6.45) is 8.32. The normalized spacial score (nSPS) is 15.0. The van der Waals surface area contributed by atoms with E-state index in [2.05, 4.69) is 11.9 Å². The summed E-state index contributed by atoms with van der Waals surface area (Å²) in [5, 5.41) is 0. The molecular weight excluding hydrogens is 304 g/mol. The molecule has 138 valence electrons. The monoisotopic (exact) mass is 338 g/mol. The maximum Gasteiger partial charge on any atom is 0.155 e. The summed E-state index contributed by atoms with van der Waals surface area (Å²) < 4.78 is 5.10. The Morgan fingerprint density at radius 2 is 1.46 bits per heavy atom. The average molecular weight is 338 g/mol. The lowest BCUT2D eigenvalue weighted by atomic mass is 10.1. The Balaban J connectivity index is 0.000000470. The van der Waals surface area contributed by atoms with E-state index in [1.165, 1.54) is 0 Å². The number of hydrogen-bond donors (Lipinski definition) is 0. The molecule has 0 N–H and O–H groups in total. The maximum absolute atomic E-state index is 11.0. The Labute approximate surface area is 147 Å². The van der Waals surface area contributed by atoms with Gasteiger partial charge in [0.2, 0.25) is 0 Å². The molecule has 1 aliphatic rings. The van der Waals surface area contributed by atoms with Gasteiger partial charge in [-0.05, 0) is 33.3 Å². The predicted molar refractivity (Wildman–Crippen MR) is 99.2 cm³/mol. The molecule has 0 aliphatic carbocycles. The van der Waals surface area contributed by atoms with Crippen molar-refractivity contribution in [3.63, 3.8) is 0 Å². The molecule has 0 saturated carbocycles. The zero-order chi connectivity index (χ0) is 18.4. The third-order valence-corrected chi connectivity index (χ3v) is 3.47. The number of likely N-dealkylation sites (N-methyl/N-ethyl adjacent to an activating group) is 2. The molecular formula is C19H34N2O3. The van der Waals surface area contributed by atoms with Crippen molar-refractivity contribution in [3.8, 4) is 0 Å². The molecule has 0 spiro atoms. The van der Waals surface area contributed by atoms with E-state index in [0.717, 1.165) is 32.8 Å². The van der Waals surface area contributed by atoms with Gasteiger partial charge in [0.15, 0.2) is 11.6 Å². The van der Waals surface area contributed by atoms with Crippen LogP contribution in [0.5, 0.6) is 0 Å². The molecule has 0 radical (unpaired) electrons. The molecule has 0 bridgehead atoms. The average Bonchev–Trinajstić information content (AvgIpc) is 2.50. The minimum Gasteiger partial charge on any atom is -0.381 e. The summed E-state index contributed by atoms with van der Waals surface area (Å²) >= 11 is 0. The largest absolute Gasteiger partial charge is 0.381 e. The number of carbonyl (C=O) groups is 2. The van der Waals surface area contributed by atoms with Gasteiger partial charge in [-0.1, -0.05) is 26.0 Å². The minimum absolute atomic E-state index is 0.196. The van der Waals surface area contributed by atoms with E-state index in [1.807, 2.05) is 45.0 Å². The first-order valence-corrected chi connectivity index (χ1v) is 8.68. The molecule has 5 nitrogen and oxygen atoms in total. The lowest BCUT2D eigenvalue weighted by Gasteiger charge is -2.29. The van der Waals surface area contributed by atoms with E-state index in [9.17, 15) is 9.59 Å². The second-order valence-electron chi connectivity index (χ2n) is 6.33. The molecule has 1 fully saturated rings. The van der Waals surface area contributed by atoms with Crippen LogP contribution in [0.15, 0.2) is 24.3 Å². The molecule has 1 rings (SSSR count). The van der Waals surface area contributed by atoms with Crippen LogP contribution < -0.4 is 0 Å². The van der Waals surface area contributed by atoms with Gasteiger partial charge in [-0.3, -0.25) is 9.59 Å². The SMILES string of the molecule is CCC(=O)/C=C/CN(C)C.CCC(=O)/C=C/CN(C)CC1COC1. The zero-order valence-corrected chi connectivity index (χ0v) is 16.0. The molecule has 0 aromatic carbocycles. The van der Waals surface area contributed by atoms with Crippen molar-refractivity contribution < 1.29 is 14.3 Å². The van der Waals surface area contributed by atoms with Crippen molar-refractivity contribution in [1.29, 1.82) is 0 Å². The predicted octanol–water partition coefficient (Wildman–Crippen LogP) is 2.18. The molecule has 1 saturated heterocycles. The number of rotatable bonds is 10. The highest BCUT2D eigenvalue weighted by atomic mass is 16.5. The van der Waals surface area contributed by atoms with Crippen LogP contribution in [0.3, 0.4) is 0 Å². The van der Waals surface area contributed by atoms with Crippen molar-refractivity contribution in [2.24, 2.45) is 5.92 Å². The lowest BCUT2D eigenvalue weighted by molar-refractivity contribution is -0.115. The van der Waals surface area contributed by atoms with E-state index < -0.39 is 0 Å². The molecule has 0 unspecified atom stereocenters. The highest BCUT2D eigenvalue weighted by Gasteiger charge is 2.19. The summed E-state index contributed by atoms with van der Waals surface area (Å²) in [5.74, 6) is 1.09. The fourth-order valence-electron chi connectivity index (χ4n) is 1.90. The van der Waals surface area contributed by atoms with Crippen molar-refractivity contribution in [3.05, 3.63) is 24.3 Å². The molecule has 24 heavy (non-hydrogen) atoms. The van der Waals surface area contributed by atoms with E-state index in [4.69, 9.17) is 4.74 Å². The summed E-state index contributed by atoms with van der Waals surface area (Å²) in [4.78, 5) is 25.9. The van der Waals surface area contributed by atoms with Crippen molar-refractivity contribution in [2.45, 2.75) is 26.7 Å². The molecule has 1 heterocycles. The van der Waals surface area contributed by atoms with Gasteiger partial charge in [0.25, 0.3) is 0 Å². The van der Waals surface area contributed by atoms with Gasteiger partial charge in [0, 0.05) is 38.4 Å². The molecule has 0 aromatic rings. The van der Waals surface area contributed by atoms with Gasteiger partial charge in [-0.25, -0.2) is 0 Å². The first-order chi connectivity index (χ1) is 11.4. The Bertz CT molecular complexity index is 413. The molecule has 0 atom stereocenters. The zero-order valence-electron chi connectivity index (χ0n) is 16.0. The Morgan fingerprint density at radius 1 is 0.958 bits per heavy atom. The molecule has 0 aromatic heterocycles. The molecule has 1 aliphatic heterocycles. The van der Waals surface area contributed by atoms with Gasteiger partial charge < -0.3 is 14.5 Å². The van der Waals surface area contributed by atoms with E-state index in [0.29, 0.717) is 18.8 Å². The summed E-state index contributed by atoms with van der Waals surface area (Å²) in [5.41, 5.74) is 0. The van der Waals surface area contributed by atoms with Gasteiger partial charge in [0.1, 0.15) is 0 Å². The number of ketones is 2. The van der Waals surface area contributed by atoms with Crippen molar-refractivity contribution >= 4 is 11.6 Å². The smallest absolute Gasteiger partial charge is 0.155 e. The third kappa shape index (κ3) is 13.2. The van der Waals surface area contributed by atoms with Gasteiger partial charge in [-0.15, -0.1) is 0 Å². The Kier molecular flexibility index (Phi) is 13.3. The Hall–Kier alpha value is -1.30. The lowest BCUT2D eigenvalue weighted by Crippen LogP contribution is -2.37. The number of carbonyl (C=O) groups excluding carboxylic acids is 2. The van der Waals surface area contributed by atoms with Crippen LogP contribution >= 0.6 is 0 Å². The van der Waals surface area contributed by atoms with E-state index >= 15 is 0 Å². The fraction of sp³-hybridized carbons (Fsp3) is 0.684. The highest BCUT2D eigenvalue weighted by molar-refractivity contribution is 5.89. The fourth-order valence-corrected chi connectivity index (χ4v) is 1.90. The number of allylic oxidation sites excluding steroid dienone is 2. The second kappa shape index (κ2) is 14.1. The molecule has 0 amide bonds. The summed E-state index contributed by atoms with van der Waals surface area (Å²) in [6.45, 7) is 8.27. The summed E-state index contributed by atoms with van der Waals surface area (Å²) in [7, 11) is 6.01. The van der Waals surface area contributed by atoms with Gasteiger partial charge in [-0.2, -0.15) is 0 Å². The highest BCUT2D eigenvalue weighted by Crippen LogP contribution is 2.10. The van der Waals surface area contributed by atoms with Gasteiger partial charge in [0.05, 0.1) is 13.2 Å². The van der Waals surface area contributed by atoms with Crippen molar-refractivity contribution in [1.82, 2.24) is 9.80 Å². The Morgan fingerprint density at radius 3 is 1.83 bits per heavy atom. The standard InChI is InChI=1S/C11H19NO2.C8H15NO/c1-3-11(13)5-4-6-12(2)7-10-8-14-9-10;1-4-8(10)6-5-7-9(2)3/h4-5,10H,3,6-9H2,1-2H3;5-6H,4,7H2,1-3H3/b5-4+;6-5+. The van der Waals surface area contributed by atoms with Crippen LogP contribution in [0.4, 0.5) is 0 Å². The third-order valence-electron chi connectivity index (χ3n) is 3.47. The van der Waals surface area contributed by atoms with E-state index in [-0.39, 0.29) is 11.6 Å². The minimum atomic E-state index is 0.196. The van der Waals surface area contributed by atoms with Crippen LogP contribution in [-0.2, 0) is 14.3 Å². The van der Waals surface area contributed by atoms with Gasteiger partial charge >= 0.3 is 0 Å². The second-order valence-corrected chi connectivity index (χ2v) is 6.33. The van der Waals surface area contributed by atoms with Crippen LogP contribution in [0.1, 0.15) is 26.7 Å². The van der Waals surface area contributed by atoms with E-state index in [1.54, 1.807) is 12.2 Å². The van der Waals surface area contributed by atoms with Crippen LogP contribution in [0.25, 0.3) is 0 Å². The maximum atomic E-state index is 11.0. The quantitative estimate of drug-likeness (QED) is 0.572. The van der Waals surface area contributed by atoms with Crippen molar-refractivity contribution in [2.75, 3.05) is 54.0 Å². The van der Waals surface area contributed by atoms with Crippen LogP contribution in [0, 0.1) is 5.92 Å². The summed E-state index contributed by atoms with van der Waals surface area (Å²) in [6, 6.07) is 0. The number of nitrogens with zero attached hydrogens (tertiary/aromatic N) is 2. The topological polar surface area (TPSA) is 49.9 Å². The number of ether oxygens (including phenoxy) is 1. The first-order valence-electron chi connectivity index (χ1n) is 8.68. The number of hydrogen-bond acceptors (Lipinski definition) is 5. The van der Waals surface area contributed by atoms with Crippen LogP contribution in [0.2, 0.25) is 0 Å². The van der Waals surface area contributed by atoms with Crippen LogP contribution in [-0.4, -0.2) is 75.4 Å².